The van der Waals surface area contributed by atoms with E-state index in [2.05, 4.69) is 10.3 Å². The third-order valence-electron chi connectivity index (χ3n) is 8.79. The van der Waals surface area contributed by atoms with Gasteiger partial charge in [0.05, 0.1) is 13.2 Å². The second-order valence-electron chi connectivity index (χ2n) is 12.6. The summed E-state index contributed by atoms with van der Waals surface area (Å²) in [5, 5.41) is 2.87. The molecule has 0 bridgehead atoms. The first kappa shape index (κ1) is 35.6. The highest BCUT2D eigenvalue weighted by Crippen LogP contribution is 2.20. The van der Waals surface area contributed by atoms with E-state index in [1.54, 1.807) is 61.2 Å². The highest BCUT2D eigenvalue weighted by Gasteiger charge is 2.32. The molecule has 0 saturated carbocycles. The molecule has 2 aromatic heterocycles. The van der Waals surface area contributed by atoms with Crippen molar-refractivity contribution in [2.24, 2.45) is 11.8 Å². The fourth-order valence-corrected chi connectivity index (χ4v) is 5.90. The van der Waals surface area contributed by atoms with Gasteiger partial charge in [-0.15, -0.1) is 0 Å². The number of rotatable bonds is 18. The number of imidazole rings is 1. The predicted octanol–water partition coefficient (Wildman–Crippen LogP) is 5.87. The number of nitrogens with one attached hydrogen (secondary N) is 1. The molecule has 0 unspecified atom stereocenters. The van der Waals surface area contributed by atoms with Crippen LogP contribution in [0.4, 0.5) is 0 Å². The summed E-state index contributed by atoms with van der Waals surface area (Å²) in [7, 11) is 1.56. The lowest BCUT2D eigenvalue weighted by molar-refractivity contribution is -0.140. The quantitative estimate of drug-likeness (QED) is 0.0913. The van der Waals surface area contributed by atoms with Gasteiger partial charge < -0.3 is 14.5 Å². The Labute approximate surface area is 291 Å². The third-order valence-corrected chi connectivity index (χ3v) is 8.79. The minimum atomic E-state index is -1.01. The van der Waals surface area contributed by atoms with Gasteiger partial charge in [0.2, 0.25) is 11.7 Å². The van der Waals surface area contributed by atoms with E-state index in [4.69, 9.17) is 4.74 Å². The second-order valence-corrected chi connectivity index (χ2v) is 12.6. The molecule has 3 aromatic carbocycles. The number of hydrogen-bond acceptors (Lipinski definition) is 7. The average molecular weight is 672 g/mol. The highest BCUT2D eigenvalue weighted by molar-refractivity contribution is 6.38. The van der Waals surface area contributed by atoms with Crippen LogP contribution in [0.5, 0.6) is 5.75 Å². The summed E-state index contributed by atoms with van der Waals surface area (Å²) in [4.78, 5) is 72.0. The SMILES string of the molecule is COc1ccc(C[C@H](NC(=O)[C@H](C)CC(=O)c2cn3ccccc3n2)C(=O)C[C@@H](Cc2ccccc2)C(=O)C(=O)CCc2ccccc2)cc1. The number of pyridine rings is 1. The number of hydrogen-bond donors (Lipinski definition) is 1. The Morgan fingerprint density at radius 2 is 1.40 bits per heavy atom. The largest absolute Gasteiger partial charge is 0.497 e. The summed E-state index contributed by atoms with van der Waals surface area (Å²) in [5.74, 6) is -3.30. The molecule has 3 atom stereocenters. The Hall–Kier alpha value is -5.70. The van der Waals surface area contributed by atoms with E-state index in [0.29, 0.717) is 17.8 Å². The topological polar surface area (TPSA) is 124 Å². The Bertz CT molecular complexity index is 1900. The lowest BCUT2D eigenvalue weighted by Crippen LogP contribution is -2.46. The predicted molar refractivity (Wildman–Crippen MR) is 190 cm³/mol. The normalized spacial score (nSPS) is 12.8. The van der Waals surface area contributed by atoms with Gasteiger partial charge in [-0.1, -0.05) is 85.8 Å². The maximum Gasteiger partial charge on any atom is 0.223 e. The number of methoxy groups -OCH3 is 1. The number of amides is 1. The number of carbonyl (C=O) groups excluding carboxylic acids is 5. The van der Waals surface area contributed by atoms with Crippen LogP contribution in [0.3, 0.4) is 0 Å². The van der Waals surface area contributed by atoms with Gasteiger partial charge in [-0.3, -0.25) is 24.0 Å². The van der Waals surface area contributed by atoms with Gasteiger partial charge >= 0.3 is 0 Å². The zero-order chi connectivity index (χ0) is 35.5. The Morgan fingerprint density at radius 3 is 2.06 bits per heavy atom. The van der Waals surface area contributed by atoms with E-state index in [1.165, 1.54) is 0 Å². The van der Waals surface area contributed by atoms with Crippen molar-refractivity contribution in [3.8, 4) is 5.75 Å². The molecule has 9 nitrogen and oxygen atoms in total. The van der Waals surface area contributed by atoms with Gasteiger partial charge in [-0.25, -0.2) is 4.98 Å². The number of aromatic nitrogens is 2. The van der Waals surface area contributed by atoms with E-state index in [-0.39, 0.29) is 49.4 Å². The molecule has 0 aliphatic rings. The number of ether oxygens (including phenoxy) is 1. The van der Waals surface area contributed by atoms with Crippen LogP contribution in [-0.2, 0) is 38.4 Å². The van der Waals surface area contributed by atoms with Crippen LogP contribution in [-0.4, -0.2) is 51.6 Å². The first-order valence-corrected chi connectivity index (χ1v) is 16.8. The summed E-state index contributed by atoms with van der Waals surface area (Å²) in [6.07, 6.45) is 3.88. The molecule has 0 saturated heterocycles. The maximum absolute atomic E-state index is 14.1. The van der Waals surface area contributed by atoms with Crippen LogP contribution < -0.4 is 10.1 Å². The van der Waals surface area contributed by atoms with E-state index in [0.717, 1.165) is 16.7 Å². The molecule has 256 valence electrons. The first-order valence-electron chi connectivity index (χ1n) is 16.8. The minimum absolute atomic E-state index is 0.0339. The average Bonchev–Trinajstić information content (AvgIpc) is 3.59. The number of ketones is 4. The van der Waals surface area contributed by atoms with E-state index < -0.39 is 35.4 Å². The van der Waals surface area contributed by atoms with Gasteiger partial charge in [0.25, 0.3) is 0 Å². The molecule has 1 N–H and O–H groups in total. The van der Waals surface area contributed by atoms with Crippen molar-refractivity contribution in [3.05, 3.63) is 138 Å². The monoisotopic (exact) mass is 671 g/mol. The molecule has 9 heteroatoms. The summed E-state index contributed by atoms with van der Waals surface area (Å²) in [6, 6.07) is 30.3. The Balaban J connectivity index is 1.32. The van der Waals surface area contributed by atoms with Crippen molar-refractivity contribution in [1.29, 1.82) is 0 Å². The number of benzene rings is 3. The van der Waals surface area contributed by atoms with Crippen molar-refractivity contribution >= 4 is 34.7 Å². The molecular formula is C41H41N3O6. The molecule has 5 rings (SSSR count). The molecule has 50 heavy (non-hydrogen) atoms. The fraction of sp³-hybridized carbons (Fsp3) is 0.268. The Morgan fingerprint density at radius 1 is 0.760 bits per heavy atom. The van der Waals surface area contributed by atoms with Gasteiger partial charge in [0, 0.05) is 43.5 Å². The highest BCUT2D eigenvalue weighted by atomic mass is 16.5. The number of nitrogens with zero attached hydrogens (tertiary/aromatic N) is 2. The van der Waals surface area contributed by atoms with Crippen molar-refractivity contribution in [3.63, 3.8) is 0 Å². The van der Waals surface area contributed by atoms with Crippen molar-refractivity contribution in [2.45, 2.75) is 51.5 Å². The Kier molecular flexibility index (Phi) is 12.2. The summed E-state index contributed by atoms with van der Waals surface area (Å²) < 4.78 is 7.01. The van der Waals surface area contributed by atoms with Gasteiger partial charge in [-0.05, 0) is 60.2 Å². The van der Waals surface area contributed by atoms with E-state index in [1.807, 2.05) is 72.8 Å². The van der Waals surface area contributed by atoms with Crippen molar-refractivity contribution in [1.82, 2.24) is 14.7 Å². The maximum atomic E-state index is 14.1. The number of Topliss-reactive ketones (excluding diaryl/α,β-unsaturated/α-hetero) is 4. The van der Waals surface area contributed by atoms with Crippen LogP contribution >= 0.6 is 0 Å². The van der Waals surface area contributed by atoms with E-state index in [9.17, 15) is 24.0 Å². The van der Waals surface area contributed by atoms with Crippen LogP contribution in [0.1, 0.15) is 53.4 Å². The molecule has 0 fully saturated rings. The summed E-state index contributed by atoms with van der Waals surface area (Å²) in [5.41, 5.74) is 3.41. The molecule has 0 radical (unpaired) electrons. The van der Waals surface area contributed by atoms with Gasteiger partial charge in [0.15, 0.2) is 17.3 Å². The van der Waals surface area contributed by atoms with Crippen molar-refractivity contribution < 1.29 is 28.7 Å². The fourth-order valence-electron chi connectivity index (χ4n) is 5.90. The lowest BCUT2D eigenvalue weighted by atomic mass is 9.85. The number of fused-ring (bicyclic) bond motifs is 1. The molecule has 2 heterocycles. The summed E-state index contributed by atoms with van der Waals surface area (Å²) >= 11 is 0. The van der Waals surface area contributed by atoms with Gasteiger partial charge in [0.1, 0.15) is 17.1 Å². The van der Waals surface area contributed by atoms with Crippen LogP contribution in [0.2, 0.25) is 0 Å². The van der Waals surface area contributed by atoms with Crippen LogP contribution in [0.15, 0.2) is 116 Å². The molecule has 0 spiro atoms. The molecule has 0 aliphatic heterocycles. The third kappa shape index (κ3) is 9.69. The van der Waals surface area contributed by atoms with Crippen LogP contribution in [0, 0.1) is 11.8 Å². The van der Waals surface area contributed by atoms with Gasteiger partial charge in [-0.2, -0.15) is 0 Å². The molecule has 0 aliphatic carbocycles. The standard InChI is InChI=1S/C41H41N3O6/c1-28(23-37(46)35-27-44-22-10-9-15-39(44)42-35)41(49)43-34(25-31-16-19-33(50-2)20-17-31)38(47)26-32(24-30-13-7-4-8-14-30)40(48)36(45)21-18-29-11-5-3-6-12-29/h3-17,19-20,22,27-28,32,34H,18,21,23-26H2,1-2H3,(H,43,49)/t28-,32-,34+/m1/s1. The summed E-state index contributed by atoms with van der Waals surface area (Å²) in [6.45, 7) is 1.63. The number of aryl methyl sites for hydroxylation is 1. The minimum Gasteiger partial charge on any atom is -0.497 e. The zero-order valence-corrected chi connectivity index (χ0v) is 28.3. The smallest absolute Gasteiger partial charge is 0.223 e. The zero-order valence-electron chi connectivity index (χ0n) is 28.3. The van der Waals surface area contributed by atoms with Crippen molar-refractivity contribution in [2.75, 3.05) is 7.11 Å². The van der Waals surface area contributed by atoms with Crippen LogP contribution in [0.25, 0.3) is 5.65 Å². The molecule has 5 aromatic rings. The molecule has 1 amide bonds. The second kappa shape index (κ2) is 17.1. The molecular weight excluding hydrogens is 630 g/mol. The van der Waals surface area contributed by atoms with E-state index >= 15 is 0 Å². The first-order chi connectivity index (χ1) is 24.2. The number of carbonyl (C=O) groups is 5. The lowest BCUT2D eigenvalue weighted by Gasteiger charge is -2.23.